The summed E-state index contributed by atoms with van der Waals surface area (Å²) < 4.78 is 13.3. The Bertz CT molecular complexity index is 752. The number of urea groups is 1. The lowest BCUT2D eigenvalue weighted by Gasteiger charge is -2.39. The highest BCUT2D eigenvalue weighted by atomic mass is 16.7. The number of hydrogen-bond acceptors (Lipinski definition) is 6. The number of hydrogen-bond donors (Lipinski definition) is 3. The molecule has 2 saturated heterocycles. The third-order valence-corrected chi connectivity index (χ3v) is 4.53. The summed E-state index contributed by atoms with van der Waals surface area (Å²) in [6.45, 7) is 2.15. The normalized spacial score (nSPS) is 30.9. The zero-order valence-electron chi connectivity index (χ0n) is 13.6. The molecule has 0 radical (unpaired) electrons. The van der Waals surface area contributed by atoms with E-state index in [1.807, 2.05) is 11.5 Å². The lowest BCUT2D eigenvalue weighted by molar-refractivity contribution is -0.163. The number of imidazole rings is 1. The van der Waals surface area contributed by atoms with Crippen molar-refractivity contribution in [3.8, 4) is 0 Å². The van der Waals surface area contributed by atoms with Crippen LogP contribution in [0.4, 0.5) is 10.5 Å². The Hall–Kier alpha value is -2.49. The molecular formula is C16H19N5O4. The molecule has 132 valence electrons. The van der Waals surface area contributed by atoms with Crippen LogP contribution in [-0.4, -0.2) is 56.8 Å². The summed E-state index contributed by atoms with van der Waals surface area (Å²) in [4.78, 5) is 20.4. The van der Waals surface area contributed by atoms with E-state index in [4.69, 9.17) is 9.47 Å². The van der Waals surface area contributed by atoms with Crippen LogP contribution >= 0.6 is 0 Å². The number of pyridine rings is 1. The maximum atomic E-state index is 12.3. The van der Waals surface area contributed by atoms with Crippen LogP contribution in [-0.2, 0) is 9.47 Å². The van der Waals surface area contributed by atoms with Gasteiger partial charge in [-0.3, -0.25) is 4.98 Å². The van der Waals surface area contributed by atoms with Crippen molar-refractivity contribution in [2.75, 3.05) is 11.9 Å². The van der Waals surface area contributed by atoms with Gasteiger partial charge in [0.1, 0.15) is 24.1 Å². The second-order valence-corrected chi connectivity index (χ2v) is 6.11. The molecule has 2 fully saturated rings. The van der Waals surface area contributed by atoms with Crippen LogP contribution in [0.25, 0.3) is 0 Å². The largest absolute Gasteiger partial charge is 0.388 e. The lowest BCUT2D eigenvalue weighted by atomic mass is 9.96. The number of aromatic nitrogens is 3. The molecule has 0 aliphatic carbocycles. The highest BCUT2D eigenvalue weighted by Crippen LogP contribution is 2.36. The molecule has 4 rings (SSSR count). The maximum Gasteiger partial charge on any atom is 0.319 e. The van der Waals surface area contributed by atoms with Gasteiger partial charge in [0, 0.05) is 18.6 Å². The first-order valence-electron chi connectivity index (χ1n) is 8.05. The molecule has 2 bridgehead atoms. The first-order valence-corrected chi connectivity index (χ1v) is 8.05. The van der Waals surface area contributed by atoms with Crippen LogP contribution < -0.4 is 10.6 Å². The third-order valence-electron chi connectivity index (χ3n) is 4.53. The molecule has 9 heteroatoms. The molecule has 25 heavy (non-hydrogen) atoms. The van der Waals surface area contributed by atoms with Gasteiger partial charge in [-0.1, -0.05) is 0 Å². The minimum absolute atomic E-state index is 0.309. The summed E-state index contributed by atoms with van der Waals surface area (Å²) >= 11 is 0. The highest BCUT2D eigenvalue weighted by Gasteiger charge is 2.51. The van der Waals surface area contributed by atoms with Gasteiger partial charge in [-0.15, -0.1) is 0 Å². The zero-order chi connectivity index (χ0) is 17.4. The van der Waals surface area contributed by atoms with E-state index in [0.29, 0.717) is 12.3 Å². The molecule has 5 unspecified atom stereocenters. The number of carbonyl (C=O) groups excluding carboxylic acids is 1. The Kier molecular flexibility index (Phi) is 4.12. The number of amides is 2. The lowest BCUT2D eigenvalue weighted by Crippen LogP contribution is -2.59. The first kappa shape index (κ1) is 16.0. The van der Waals surface area contributed by atoms with Crippen molar-refractivity contribution in [3.05, 3.63) is 42.7 Å². The van der Waals surface area contributed by atoms with Gasteiger partial charge in [-0.2, -0.15) is 0 Å². The van der Waals surface area contributed by atoms with Crippen molar-refractivity contribution >= 4 is 11.7 Å². The Morgan fingerprint density at radius 1 is 1.44 bits per heavy atom. The van der Waals surface area contributed by atoms with Crippen molar-refractivity contribution in [1.29, 1.82) is 0 Å². The Labute approximate surface area is 144 Å². The number of aliphatic hydroxyl groups excluding tert-OH is 1. The summed E-state index contributed by atoms with van der Waals surface area (Å²) in [5.41, 5.74) is 0.564. The van der Waals surface area contributed by atoms with Crippen LogP contribution in [0, 0.1) is 6.92 Å². The first-order chi connectivity index (χ1) is 12.1. The molecule has 0 saturated carbocycles. The number of fused-ring (bicyclic) bond motifs is 2. The fourth-order valence-corrected chi connectivity index (χ4v) is 3.33. The Morgan fingerprint density at radius 3 is 3.04 bits per heavy atom. The van der Waals surface area contributed by atoms with Crippen molar-refractivity contribution < 1.29 is 19.4 Å². The van der Waals surface area contributed by atoms with Gasteiger partial charge in [-0.25, -0.2) is 9.78 Å². The molecule has 9 nitrogen and oxygen atoms in total. The van der Waals surface area contributed by atoms with Gasteiger partial charge < -0.3 is 29.8 Å². The van der Waals surface area contributed by atoms with E-state index in [1.54, 1.807) is 36.9 Å². The Morgan fingerprint density at radius 2 is 2.32 bits per heavy atom. The molecule has 0 aromatic carbocycles. The molecule has 2 aromatic rings. The summed E-state index contributed by atoms with van der Waals surface area (Å²) in [5, 5.41) is 16.3. The third kappa shape index (κ3) is 2.97. The van der Waals surface area contributed by atoms with Gasteiger partial charge >= 0.3 is 6.03 Å². The van der Waals surface area contributed by atoms with Crippen LogP contribution in [0.5, 0.6) is 0 Å². The van der Waals surface area contributed by atoms with Gasteiger partial charge in [0.15, 0.2) is 6.29 Å². The molecule has 0 spiro atoms. The van der Waals surface area contributed by atoms with E-state index >= 15 is 0 Å². The molecule has 3 N–H and O–H groups in total. The second-order valence-electron chi connectivity index (χ2n) is 6.11. The minimum atomic E-state index is -0.876. The van der Waals surface area contributed by atoms with Crippen molar-refractivity contribution in [3.63, 3.8) is 0 Å². The van der Waals surface area contributed by atoms with Gasteiger partial charge in [0.25, 0.3) is 0 Å². The van der Waals surface area contributed by atoms with Crippen molar-refractivity contribution in [2.24, 2.45) is 0 Å². The van der Waals surface area contributed by atoms with E-state index < -0.39 is 36.6 Å². The molecule has 2 aromatic heterocycles. The van der Waals surface area contributed by atoms with Crippen LogP contribution in [0.15, 0.2) is 36.9 Å². The predicted octanol–water partition coefficient (Wildman–Crippen LogP) is 0.434. The Balaban J connectivity index is 1.51. The number of nitrogens with one attached hydrogen (secondary N) is 2. The number of rotatable bonds is 3. The highest BCUT2D eigenvalue weighted by molar-refractivity contribution is 5.89. The van der Waals surface area contributed by atoms with Gasteiger partial charge in [0.2, 0.25) is 0 Å². The van der Waals surface area contributed by atoms with Crippen LogP contribution in [0.2, 0.25) is 0 Å². The van der Waals surface area contributed by atoms with Crippen molar-refractivity contribution in [2.45, 2.75) is 37.5 Å². The standard InChI is InChI=1S/C16H19N5O4/c1-9-18-5-6-21(9)13-14(22)12(11-8-24-15(13)25-11)20-16(23)19-10-3-2-4-17-7-10/h2-7,11-15,22H,8H2,1H3,(H2,19,20,23). The monoisotopic (exact) mass is 345 g/mol. The van der Waals surface area contributed by atoms with E-state index in [0.717, 1.165) is 5.82 Å². The predicted molar refractivity (Wildman–Crippen MR) is 86.8 cm³/mol. The van der Waals surface area contributed by atoms with E-state index in [1.165, 1.54) is 0 Å². The summed E-state index contributed by atoms with van der Waals surface area (Å²) in [5.74, 6) is 0.736. The SMILES string of the molecule is Cc1nccn1C1C2OCC(O2)C(NC(=O)Nc2cccnc2)C1O. The van der Waals surface area contributed by atoms with Gasteiger partial charge in [0.05, 0.1) is 24.5 Å². The number of aliphatic hydroxyl groups is 1. The molecule has 2 aliphatic heterocycles. The van der Waals surface area contributed by atoms with Crippen LogP contribution in [0.3, 0.4) is 0 Å². The molecule has 5 atom stereocenters. The molecular weight excluding hydrogens is 326 g/mol. The van der Waals surface area contributed by atoms with E-state index in [2.05, 4.69) is 20.6 Å². The van der Waals surface area contributed by atoms with Gasteiger partial charge in [-0.05, 0) is 19.1 Å². The maximum absolute atomic E-state index is 12.3. The fraction of sp³-hybridized carbons (Fsp3) is 0.438. The van der Waals surface area contributed by atoms with Crippen LogP contribution in [0.1, 0.15) is 11.9 Å². The fourth-order valence-electron chi connectivity index (χ4n) is 3.33. The summed E-state index contributed by atoms with van der Waals surface area (Å²) in [6.07, 6.45) is 4.74. The van der Waals surface area contributed by atoms with E-state index in [9.17, 15) is 9.90 Å². The average molecular weight is 345 g/mol. The number of anilines is 1. The summed E-state index contributed by atoms with van der Waals surface area (Å²) in [6, 6.07) is 1.92. The zero-order valence-corrected chi connectivity index (χ0v) is 13.6. The number of aryl methyl sites for hydroxylation is 1. The quantitative estimate of drug-likeness (QED) is 0.744. The number of carbonyl (C=O) groups is 1. The topological polar surface area (TPSA) is 111 Å². The average Bonchev–Trinajstić information content (AvgIpc) is 3.21. The number of ether oxygens (including phenoxy) is 2. The minimum Gasteiger partial charge on any atom is -0.388 e. The smallest absolute Gasteiger partial charge is 0.319 e. The van der Waals surface area contributed by atoms with Crippen molar-refractivity contribution in [1.82, 2.24) is 19.9 Å². The molecule has 2 amide bonds. The second kappa shape index (κ2) is 6.43. The molecule has 2 aliphatic rings. The summed E-state index contributed by atoms with van der Waals surface area (Å²) in [7, 11) is 0. The van der Waals surface area contributed by atoms with E-state index in [-0.39, 0.29) is 0 Å². The molecule has 4 heterocycles. The number of nitrogens with zero attached hydrogens (tertiary/aromatic N) is 3.